The number of urea groups is 1. The van der Waals surface area contributed by atoms with Crippen LogP contribution in [0.3, 0.4) is 0 Å². The number of hydrogen-bond acceptors (Lipinski definition) is 4. The molecule has 0 aliphatic heterocycles. The van der Waals surface area contributed by atoms with Gasteiger partial charge in [-0.25, -0.2) is 4.79 Å². The van der Waals surface area contributed by atoms with Crippen LogP contribution in [0.15, 0.2) is 0 Å². The highest BCUT2D eigenvalue weighted by molar-refractivity contribution is 7.98. The second kappa shape index (κ2) is 7.25. The largest absolute Gasteiger partial charge is 0.481 e. The number of carbonyl (C=O) groups is 3. The molecule has 0 spiro atoms. The van der Waals surface area contributed by atoms with E-state index in [4.69, 9.17) is 5.11 Å². The minimum Gasteiger partial charge on any atom is -0.481 e. The van der Waals surface area contributed by atoms with Crippen molar-refractivity contribution in [3.8, 4) is 0 Å². The van der Waals surface area contributed by atoms with E-state index in [0.717, 1.165) is 5.75 Å². The quantitative estimate of drug-likeness (QED) is 0.756. The molecule has 0 atom stereocenters. The summed E-state index contributed by atoms with van der Waals surface area (Å²) in [5.74, 6) is -0.872. The molecule has 2 N–H and O–H groups in total. The molecule has 0 saturated carbocycles. The number of carboxylic acid groups (broad SMARTS) is 1. The van der Waals surface area contributed by atoms with Gasteiger partial charge in [0.25, 0.3) is 0 Å². The van der Waals surface area contributed by atoms with Gasteiger partial charge in [0.05, 0.1) is 5.41 Å². The Bertz CT molecular complexity index is 331. The molecule has 0 rings (SSSR count). The monoisotopic (exact) mass is 276 g/mol. The Kier molecular flexibility index (Phi) is 6.75. The zero-order valence-corrected chi connectivity index (χ0v) is 12.0. The molecule has 0 bridgehead atoms. The van der Waals surface area contributed by atoms with E-state index >= 15 is 0 Å². The molecule has 104 valence electrons. The van der Waals surface area contributed by atoms with Crippen molar-refractivity contribution in [2.45, 2.75) is 20.3 Å². The number of imide groups is 1. The summed E-state index contributed by atoms with van der Waals surface area (Å²) in [7, 11) is 1.58. The molecule has 0 unspecified atom stereocenters. The molecule has 0 aromatic carbocycles. The van der Waals surface area contributed by atoms with Gasteiger partial charge in [0.2, 0.25) is 5.91 Å². The second-order valence-electron chi connectivity index (χ2n) is 4.63. The smallest absolute Gasteiger partial charge is 0.323 e. The highest BCUT2D eigenvalue weighted by Gasteiger charge is 2.30. The molecule has 7 heteroatoms. The van der Waals surface area contributed by atoms with Crippen molar-refractivity contribution in [2.75, 3.05) is 25.6 Å². The maximum Gasteiger partial charge on any atom is 0.323 e. The number of nitrogens with zero attached hydrogens (tertiary/aromatic N) is 1. The van der Waals surface area contributed by atoms with E-state index in [0.29, 0.717) is 6.54 Å². The summed E-state index contributed by atoms with van der Waals surface area (Å²) in [6.45, 7) is 3.41. The molecule has 0 aromatic heterocycles. The van der Waals surface area contributed by atoms with E-state index in [2.05, 4.69) is 5.32 Å². The van der Waals surface area contributed by atoms with Crippen LogP contribution in [0, 0.1) is 5.41 Å². The van der Waals surface area contributed by atoms with E-state index < -0.39 is 23.3 Å². The third kappa shape index (κ3) is 5.90. The van der Waals surface area contributed by atoms with Crippen molar-refractivity contribution < 1.29 is 19.5 Å². The molecule has 0 fully saturated rings. The number of nitrogens with one attached hydrogen (secondary N) is 1. The van der Waals surface area contributed by atoms with Crippen LogP contribution in [-0.2, 0) is 9.59 Å². The van der Waals surface area contributed by atoms with Crippen LogP contribution in [0.5, 0.6) is 0 Å². The standard InChI is InChI=1S/C11H20N2O4S/c1-11(2,9(15)16)7-8(14)12-10(17)13(3)5-6-18-4/h5-7H2,1-4H3,(H,15,16)(H,12,14,17). The first kappa shape index (κ1) is 16.8. The minimum atomic E-state index is -1.18. The van der Waals surface area contributed by atoms with Gasteiger partial charge in [0.1, 0.15) is 0 Å². The summed E-state index contributed by atoms with van der Waals surface area (Å²) in [4.78, 5) is 35.3. The lowest BCUT2D eigenvalue weighted by atomic mass is 9.89. The summed E-state index contributed by atoms with van der Waals surface area (Å²) in [5.41, 5.74) is -1.18. The Labute approximate surface area is 111 Å². The number of hydrogen-bond donors (Lipinski definition) is 2. The van der Waals surface area contributed by atoms with Crippen LogP contribution in [0.2, 0.25) is 0 Å². The predicted molar refractivity (Wildman–Crippen MR) is 70.6 cm³/mol. The number of carbonyl (C=O) groups excluding carboxylic acids is 2. The van der Waals surface area contributed by atoms with Gasteiger partial charge in [-0.05, 0) is 20.1 Å². The van der Waals surface area contributed by atoms with Gasteiger partial charge in [-0.3, -0.25) is 14.9 Å². The molecule has 0 aromatic rings. The Morgan fingerprint density at radius 2 is 1.89 bits per heavy atom. The van der Waals surface area contributed by atoms with Gasteiger partial charge < -0.3 is 10.0 Å². The number of amides is 3. The molecule has 6 nitrogen and oxygen atoms in total. The van der Waals surface area contributed by atoms with Gasteiger partial charge in [-0.15, -0.1) is 0 Å². The molecule has 0 radical (unpaired) electrons. The van der Waals surface area contributed by atoms with Gasteiger partial charge in [0.15, 0.2) is 0 Å². The average Bonchev–Trinajstić information content (AvgIpc) is 2.24. The first-order valence-electron chi connectivity index (χ1n) is 5.48. The highest BCUT2D eigenvalue weighted by atomic mass is 32.2. The van der Waals surface area contributed by atoms with Gasteiger partial charge in [-0.1, -0.05) is 0 Å². The van der Waals surface area contributed by atoms with Crippen LogP contribution < -0.4 is 5.32 Å². The van der Waals surface area contributed by atoms with Gasteiger partial charge in [-0.2, -0.15) is 11.8 Å². The van der Waals surface area contributed by atoms with Crippen LogP contribution >= 0.6 is 11.8 Å². The SMILES string of the molecule is CSCCN(C)C(=O)NC(=O)CC(C)(C)C(=O)O. The van der Waals surface area contributed by atoms with Gasteiger partial charge >= 0.3 is 12.0 Å². The number of thioether (sulfide) groups is 1. The number of aliphatic carboxylic acids is 1. The Hall–Kier alpha value is -1.24. The number of rotatable bonds is 6. The van der Waals surface area contributed by atoms with Crippen molar-refractivity contribution in [3.63, 3.8) is 0 Å². The van der Waals surface area contributed by atoms with Crippen LogP contribution in [0.1, 0.15) is 20.3 Å². The summed E-state index contributed by atoms with van der Waals surface area (Å²) in [5, 5.41) is 11.0. The highest BCUT2D eigenvalue weighted by Crippen LogP contribution is 2.19. The first-order chi connectivity index (χ1) is 8.20. The number of carboxylic acids is 1. The molecule has 3 amide bonds. The van der Waals surface area contributed by atoms with Crippen LogP contribution in [0.4, 0.5) is 4.79 Å². The zero-order valence-electron chi connectivity index (χ0n) is 11.1. The normalized spacial score (nSPS) is 10.9. The fraction of sp³-hybridized carbons (Fsp3) is 0.727. The molecular weight excluding hydrogens is 256 g/mol. The average molecular weight is 276 g/mol. The Morgan fingerprint density at radius 3 is 2.33 bits per heavy atom. The Morgan fingerprint density at radius 1 is 1.33 bits per heavy atom. The topological polar surface area (TPSA) is 86.7 Å². The van der Waals surface area contributed by atoms with Crippen LogP contribution in [0.25, 0.3) is 0 Å². The molecule has 0 saturated heterocycles. The van der Waals surface area contributed by atoms with Crippen molar-refractivity contribution >= 4 is 29.7 Å². The lowest BCUT2D eigenvalue weighted by Gasteiger charge is -2.20. The zero-order chi connectivity index (χ0) is 14.3. The van der Waals surface area contributed by atoms with Crippen molar-refractivity contribution in [3.05, 3.63) is 0 Å². The van der Waals surface area contributed by atoms with Crippen molar-refractivity contribution in [1.29, 1.82) is 0 Å². The summed E-state index contributed by atoms with van der Waals surface area (Å²) in [6, 6.07) is -0.504. The lowest BCUT2D eigenvalue weighted by Crippen LogP contribution is -2.43. The molecule has 18 heavy (non-hydrogen) atoms. The lowest BCUT2D eigenvalue weighted by molar-refractivity contribution is -0.149. The first-order valence-corrected chi connectivity index (χ1v) is 6.87. The van der Waals surface area contributed by atoms with Crippen LogP contribution in [-0.4, -0.2) is 53.5 Å². The maximum absolute atomic E-state index is 11.6. The molecule has 0 aliphatic rings. The summed E-state index contributed by atoms with van der Waals surface area (Å²) >= 11 is 1.60. The minimum absolute atomic E-state index is 0.232. The summed E-state index contributed by atoms with van der Waals surface area (Å²) < 4.78 is 0. The molecular formula is C11H20N2O4S. The van der Waals surface area contributed by atoms with E-state index in [1.165, 1.54) is 18.7 Å². The maximum atomic E-state index is 11.6. The Balaban J connectivity index is 4.24. The van der Waals surface area contributed by atoms with Crippen molar-refractivity contribution in [1.82, 2.24) is 10.2 Å². The van der Waals surface area contributed by atoms with E-state index in [9.17, 15) is 14.4 Å². The fourth-order valence-corrected chi connectivity index (χ4v) is 1.52. The van der Waals surface area contributed by atoms with Gasteiger partial charge in [0, 0.05) is 25.8 Å². The van der Waals surface area contributed by atoms with Crippen molar-refractivity contribution in [2.24, 2.45) is 5.41 Å². The summed E-state index contributed by atoms with van der Waals surface area (Å²) in [6.07, 6.45) is 1.69. The third-order valence-electron chi connectivity index (χ3n) is 2.41. The van der Waals surface area contributed by atoms with E-state index in [1.54, 1.807) is 18.8 Å². The second-order valence-corrected chi connectivity index (χ2v) is 5.62. The molecule has 0 heterocycles. The van der Waals surface area contributed by atoms with E-state index in [1.807, 2.05) is 6.26 Å². The fourth-order valence-electron chi connectivity index (χ4n) is 1.07. The third-order valence-corrected chi connectivity index (χ3v) is 3.00. The molecule has 0 aliphatic carbocycles. The van der Waals surface area contributed by atoms with E-state index in [-0.39, 0.29) is 6.42 Å². The predicted octanol–water partition coefficient (Wildman–Crippen LogP) is 1.02.